The van der Waals surface area contributed by atoms with Gasteiger partial charge in [-0.05, 0) is 63.0 Å². The minimum atomic E-state index is -0.328. The van der Waals surface area contributed by atoms with Gasteiger partial charge in [0.2, 0.25) is 0 Å². The molecule has 0 saturated heterocycles. The molecule has 0 spiro atoms. The molecule has 1 N–H and O–H groups in total. The molecule has 6 heteroatoms. The van der Waals surface area contributed by atoms with E-state index in [0.717, 1.165) is 12.1 Å². The Hall–Kier alpha value is -3.38. The summed E-state index contributed by atoms with van der Waals surface area (Å²) in [4.78, 5) is 29.2. The summed E-state index contributed by atoms with van der Waals surface area (Å²) in [6.45, 7) is 3.99. The largest absolute Gasteiger partial charge is 0.459 e. The molecular weight excluding hydrogens is 378 g/mol. The van der Waals surface area contributed by atoms with Crippen molar-refractivity contribution in [2.24, 2.45) is 0 Å². The Balaban J connectivity index is 1.71. The standard InChI is InChI=1S/C24H27N3O3/c1-18-6-4-7-19(16-18)17-27(14-13-26(2)3)24(29)20-9-11-21(12-10-20)25-23(28)22-8-5-15-30-22/h4-12,15-16H,13-14,17H2,1-3H3,(H,25,28). The second-order valence-corrected chi connectivity index (χ2v) is 7.53. The molecule has 0 radical (unpaired) electrons. The number of nitrogens with zero attached hydrogens (tertiary/aromatic N) is 2. The molecule has 0 fully saturated rings. The molecule has 0 atom stereocenters. The molecule has 0 unspecified atom stereocenters. The van der Waals surface area contributed by atoms with Crippen LogP contribution in [0.4, 0.5) is 5.69 Å². The minimum Gasteiger partial charge on any atom is -0.459 e. The lowest BCUT2D eigenvalue weighted by Crippen LogP contribution is -2.36. The predicted octanol–water partition coefficient (Wildman–Crippen LogP) is 4.04. The van der Waals surface area contributed by atoms with Gasteiger partial charge in [-0.3, -0.25) is 9.59 Å². The lowest BCUT2D eigenvalue weighted by atomic mass is 10.1. The number of benzene rings is 2. The summed E-state index contributed by atoms with van der Waals surface area (Å²) in [5.41, 5.74) is 3.46. The third kappa shape index (κ3) is 5.81. The van der Waals surface area contributed by atoms with E-state index in [1.165, 1.54) is 11.8 Å². The van der Waals surface area contributed by atoms with E-state index in [2.05, 4.69) is 16.3 Å². The normalized spacial score (nSPS) is 10.8. The number of furan rings is 1. The van der Waals surface area contributed by atoms with Crippen molar-refractivity contribution in [3.05, 3.63) is 89.4 Å². The molecule has 1 heterocycles. The van der Waals surface area contributed by atoms with Gasteiger partial charge in [0.25, 0.3) is 11.8 Å². The zero-order valence-corrected chi connectivity index (χ0v) is 17.6. The summed E-state index contributed by atoms with van der Waals surface area (Å²) in [6, 6.07) is 18.4. The first-order valence-electron chi connectivity index (χ1n) is 9.87. The molecule has 6 nitrogen and oxygen atoms in total. The first-order valence-corrected chi connectivity index (χ1v) is 9.87. The molecule has 0 aliphatic rings. The zero-order chi connectivity index (χ0) is 21.5. The van der Waals surface area contributed by atoms with Crippen molar-refractivity contribution in [1.82, 2.24) is 9.80 Å². The average molecular weight is 405 g/mol. The van der Waals surface area contributed by atoms with Gasteiger partial charge in [-0.25, -0.2) is 0 Å². The van der Waals surface area contributed by atoms with Gasteiger partial charge in [0, 0.05) is 30.9 Å². The van der Waals surface area contributed by atoms with Gasteiger partial charge >= 0.3 is 0 Å². The summed E-state index contributed by atoms with van der Waals surface area (Å²) < 4.78 is 5.10. The number of aryl methyl sites for hydroxylation is 1. The van der Waals surface area contributed by atoms with Crippen molar-refractivity contribution in [2.45, 2.75) is 13.5 Å². The topological polar surface area (TPSA) is 65.8 Å². The van der Waals surface area contributed by atoms with Crippen molar-refractivity contribution in [1.29, 1.82) is 0 Å². The molecular formula is C24H27N3O3. The smallest absolute Gasteiger partial charge is 0.291 e. The van der Waals surface area contributed by atoms with Crippen LogP contribution in [0.1, 0.15) is 32.0 Å². The monoisotopic (exact) mass is 405 g/mol. The maximum absolute atomic E-state index is 13.2. The van der Waals surface area contributed by atoms with E-state index in [9.17, 15) is 9.59 Å². The number of likely N-dealkylation sites (N-methyl/N-ethyl adjacent to an activating group) is 1. The third-order valence-electron chi connectivity index (χ3n) is 4.69. The molecule has 156 valence electrons. The number of hydrogen-bond acceptors (Lipinski definition) is 4. The molecule has 0 aliphatic carbocycles. The van der Waals surface area contributed by atoms with Crippen LogP contribution < -0.4 is 5.32 Å². The number of nitrogens with one attached hydrogen (secondary N) is 1. The Kier molecular flexibility index (Phi) is 7.03. The number of carbonyl (C=O) groups is 2. The van der Waals surface area contributed by atoms with Gasteiger partial charge in [-0.2, -0.15) is 0 Å². The fraction of sp³-hybridized carbons (Fsp3) is 0.250. The van der Waals surface area contributed by atoms with E-state index in [-0.39, 0.29) is 17.6 Å². The SMILES string of the molecule is Cc1cccc(CN(CCN(C)C)C(=O)c2ccc(NC(=O)c3ccco3)cc2)c1. The van der Waals surface area contributed by atoms with Gasteiger partial charge in [0.15, 0.2) is 5.76 Å². The van der Waals surface area contributed by atoms with E-state index < -0.39 is 0 Å². The highest BCUT2D eigenvalue weighted by molar-refractivity contribution is 6.02. The van der Waals surface area contributed by atoms with Crippen molar-refractivity contribution < 1.29 is 14.0 Å². The van der Waals surface area contributed by atoms with E-state index in [0.29, 0.717) is 24.3 Å². The molecule has 0 saturated carbocycles. The maximum atomic E-state index is 13.2. The van der Waals surface area contributed by atoms with E-state index >= 15 is 0 Å². The highest BCUT2D eigenvalue weighted by atomic mass is 16.3. The van der Waals surface area contributed by atoms with Crippen LogP contribution in [-0.2, 0) is 6.54 Å². The van der Waals surface area contributed by atoms with Crippen LogP contribution >= 0.6 is 0 Å². The highest BCUT2D eigenvalue weighted by Gasteiger charge is 2.17. The lowest BCUT2D eigenvalue weighted by Gasteiger charge is -2.25. The van der Waals surface area contributed by atoms with Crippen LogP contribution in [0.15, 0.2) is 71.3 Å². The molecule has 1 aromatic heterocycles. The minimum absolute atomic E-state index is 0.0396. The van der Waals surface area contributed by atoms with Gasteiger partial charge in [-0.1, -0.05) is 29.8 Å². The van der Waals surface area contributed by atoms with Crippen molar-refractivity contribution in [3.8, 4) is 0 Å². The highest BCUT2D eigenvalue weighted by Crippen LogP contribution is 2.15. The van der Waals surface area contributed by atoms with Crippen LogP contribution in [0.25, 0.3) is 0 Å². The quantitative estimate of drug-likeness (QED) is 0.614. The Morgan fingerprint density at radius 3 is 2.37 bits per heavy atom. The fourth-order valence-electron chi connectivity index (χ4n) is 3.08. The molecule has 3 aromatic rings. The molecule has 2 amide bonds. The second kappa shape index (κ2) is 9.89. The number of rotatable bonds is 8. The molecule has 0 bridgehead atoms. The Bertz CT molecular complexity index is 979. The average Bonchev–Trinajstić information content (AvgIpc) is 3.26. The van der Waals surface area contributed by atoms with Crippen molar-refractivity contribution in [3.63, 3.8) is 0 Å². The summed E-state index contributed by atoms with van der Waals surface area (Å²) in [6.07, 6.45) is 1.45. The number of amides is 2. The molecule has 30 heavy (non-hydrogen) atoms. The third-order valence-corrected chi connectivity index (χ3v) is 4.69. The van der Waals surface area contributed by atoms with Crippen LogP contribution in [0.5, 0.6) is 0 Å². The Labute approximate surface area is 177 Å². The van der Waals surface area contributed by atoms with Crippen LogP contribution in [-0.4, -0.2) is 48.8 Å². The number of hydrogen-bond donors (Lipinski definition) is 1. The predicted molar refractivity (Wildman–Crippen MR) is 118 cm³/mol. The van der Waals surface area contributed by atoms with Crippen molar-refractivity contribution in [2.75, 3.05) is 32.5 Å². The fourth-order valence-corrected chi connectivity index (χ4v) is 3.08. The first-order chi connectivity index (χ1) is 14.4. The Morgan fingerprint density at radius 2 is 1.73 bits per heavy atom. The van der Waals surface area contributed by atoms with E-state index in [1.807, 2.05) is 44.1 Å². The maximum Gasteiger partial charge on any atom is 0.291 e. The summed E-state index contributed by atoms with van der Waals surface area (Å²) >= 11 is 0. The zero-order valence-electron chi connectivity index (χ0n) is 17.6. The van der Waals surface area contributed by atoms with Crippen molar-refractivity contribution >= 4 is 17.5 Å². The van der Waals surface area contributed by atoms with Gasteiger partial charge in [0.1, 0.15) is 0 Å². The van der Waals surface area contributed by atoms with Crippen LogP contribution in [0.3, 0.4) is 0 Å². The van der Waals surface area contributed by atoms with Crippen LogP contribution in [0, 0.1) is 6.92 Å². The first kappa shape index (κ1) is 21.3. The summed E-state index contributed by atoms with van der Waals surface area (Å²) in [7, 11) is 3.98. The van der Waals surface area contributed by atoms with Gasteiger partial charge in [0.05, 0.1) is 6.26 Å². The van der Waals surface area contributed by atoms with Gasteiger partial charge in [-0.15, -0.1) is 0 Å². The molecule has 0 aliphatic heterocycles. The summed E-state index contributed by atoms with van der Waals surface area (Å²) in [5.74, 6) is -0.128. The Morgan fingerprint density at radius 1 is 0.967 bits per heavy atom. The second-order valence-electron chi connectivity index (χ2n) is 7.53. The summed E-state index contributed by atoms with van der Waals surface area (Å²) in [5, 5.41) is 2.76. The van der Waals surface area contributed by atoms with E-state index in [1.54, 1.807) is 36.4 Å². The molecule has 2 aromatic carbocycles. The van der Waals surface area contributed by atoms with E-state index in [4.69, 9.17) is 4.42 Å². The number of carbonyl (C=O) groups excluding carboxylic acids is 2. The molecule has 3 rings (SSSR count). The number of anilines is 1. The van der Waals surface area contributed by atoms with Gasteiger partial charge < -0.3 is 19.5 Å². The lowest BCUT2D eigenvalue weighted by molar-refractivity contribution is 0.0732. The van der Waals surface area contributed by atoms with Crippen LogP contribution in [0.2, 0.25) is 0 Å².